The molecule has 1 aromatic heterocycles. The Labute approximate surface area is 202 Å². The molecule has 0 radical (unpaired) electrons. The molecule has 1 saturated carbocycles. The van der Waals surface area contributed by atoms with Crippen molar-refractivity contribution in [3.8, 4) is 6.07 Å². The van der Waals surface area contributed by atoms with Gasteiger partial charge in [0.15, 0.2) is 5.82 Å². The normalized spacial score (nSPS) is 19.0. The average molecular weight is 456 g/mol. The molecule has 1 atom stereocenters. The van der Waals surface area contributed by atoms with Crippen LogP contribution in [0.1, 0.15) is 60.7 Å². The lowest BCUT2D eigenvalue weighted by atomic mass is 9.93. The molecule has 7 heteroatoms. The highest BCUT2D eigenvalue weighted by Crippen LogP contribution is 2.30. The summed E-state index contributed by atoms with van der Waals surface area (Å²) in [5, 5.41) is 22.4. The summed E-state index contributed by atoms with van der Waals surface area (Å²) in [6, 6.07) is 21.4. The molecular weight excluding hydrogens is 422 g/mol. The minimum Gasteiger partial charge on any atom is -0.298 e. The van der Waals surface area contributed by atoms with Crippen molar-refractivity contribution >= 4 is 0 Å². The first kappa shape index (κ1) is 22.7. The molecule has 2 aliphatic rings. The van der Waals surface area contributed by atoms with Gasteiger partial charge in [-0.25, -0.2) is 4.68 Å². The van der Waals surface area contributed by atoms with E-state index in [-0.39, 0.29) is 6.04 Å². The standard InChI is InChI=1S/C27H33N7/c28-21-23-10-7-11-24(20-23)26(33-18-16-32(17-19-33)25-12-5-2-6-13-25)27-29-30-31-34(27)15-14-22-8-3-1-4-9-22/h1,3-4,7-11,20,25-26H,2,5-6,12-19H2/t26-/m1/s1. The van der Waals surface area contributed by atoms with Gasteiger partial charge in [0, 0.05) is 38.8 Å². The Bertz CT molecular complexity index is 1090. The SMILES string of the molecule is N#Cc1cccc([C@H](c2nnnn2CCc2ccccc2)N2CCN(C3CCCCC3)CC2)c1. The summed E-state index contributed by atoms with van der Waals surface area (Å²) in [6.07, 6.45) is 7.67. The maximum Gasteiger partial charge on any atom is 0.173 e. The second-order valence-electron chi connectivity index (χ2n) is 9.50. The van der Waals surface area contributed by atoms with Gasteiger partial charge >= 0.3 is 0 Å². The Kier molecular flexibility index (Phi) is 7.28. The number of nitrogens with zero attached hydrogens (tertiary/aromatic N) is 7. The molecule has 7 nitrogen and oxygen atoms in total. The van der Waals surface area contributed by atoms with E-state index < -0.39 is 0 Å². The van der Waals surface area contributed by atoms with E-state index in [1.54, 1.807) is 0 Å². The van der Waals surface area contributed by atoms with E-state index >= 15 is 0 Å². The van der Waals surface area contributed by atoms with Crippen molar-refractivity contribution in [1.29, 1.82) is 5.26 Å². The fourth-order valence-electron chi connectivity index (χ4n) is 5.55. The summed E-state index contributed by atoms with van der Waals surface area (Å²) in [5.41, 5.74) is 3.03. The van der Waals surface area contributed by atoms with Crippen LogP contribution in [0.3, 0.4) is 0 Å². The quantitative estimate of drug-likeness (QED) is 0.539. The minimum atomic E-state index is -0.0624. The summed E-state index contributed by atoms with van der Waals surface area (Å²) in [5.74, 6) is 0.858. The maximum atomic E-state index is 9.51. The molecule has 0 amide bonds. The predicted molar refractivity (Wildman–Crippen MR) is 131 cm³/mol. The van der Waals surface area contributed by atoms with E-state index in [0.717, 1.165) is 56.6 Å². The van der Waals surface area contributed by atoms with Gasteiger partial charge in [-0.3, -0.25) is 9.80 Å². The van der Waals surface area contributed by atoms with Crippen molar-refractivity contribution in [2.45, 2.75) is 57.2 Å². The largest absolute Gasteiger partial charge is 0.298 e. The number of piperazine rings is 1. The first-order valence-corrected chi connectivity index (χ1v) is 12.6. The Morgan fingerprint density at radius 3 is 2.50 bits per heavy atom. The van der Waals surface area contributed by atoms with Crippen molar-refractivity contribution in [1.82, 2.24) is 30.0 Å². The average Bonchev–Trinajstić information content (AvgIpc) is 3.37. The molecular formula is C27H33N7. The zero-order valence-corrected chi connectivity index (χ0v) is 19.8. The fraction of sp³-hybridized carbons (Fsp3) is 0.481. The van der Waals surface area contributed by atoms with E-state index in [0.29, 0.717) is 5.56 Å². The first-order valence-electron chi connectivity index (χ1n) is 12.6. The van der Waals surface area contributed by atoms with Gasteiger partial charge in [-0.15, -0.1) is 5.10 Å². The number of tetrazole rings is 1. The van der Waals surface area contributed by atoms with E-state index in [2.05, 4.69) is 61.7 Å². The number of hydrogen-bond donors (Lipinski definition) is 0. The smallest absolute Gasteiger partial charge is 0.173 e. The Hall–Kier alpha value is -3.08. The Morgan fingerprint density at radius 2 is 1.74 bits per heavy atom. The van der Waals surface area contributed by atoms with E-state index in [1.165, 1.54) is 37.7 Å². The van der Waals surface area contributed by atoms with Crippen LogP contribution in [0.2, 0.25) is 0 Å². The third-order valence-corrected chi connectivity index (χ3v) is 7.40. The van der Waals surface area contributed by atoms with Gasteiger partial charge < -0.3 is 0 Å². The highest BCUT2D eigenvalue weighted by atomic mass is 15.6. The first-order chi connectivity index (χ1) is 16.8. The summed E-state index contributed by atoms with van der Waals surface area (Å²) in [7, 11) is 0. The van der Waals surface area contributed by atoms with Crippen LogP contribution < -0.4 is 0 Å². The predicted octanol–water partition coefficient (Wildman–Crippen LogP) is 3.83. The van der Waals surface area contributed by atoms with Crippen LogP contribution in [-0.4, -0.2) is 62.2 Å². The highest BCUT2D eigenvalue weighted by Gasteiger charge is 2.32. The van der Waals surface area contributed by atoms with Crippen LogP contribution in [0, 0.1) is 11.3 Å². The lowest BCUT2D eigenvalue weighted by Gasteiger charge is -2.43. The summed E-state index contributed by atoms with van der Waals surface area (Å²) in [4.78, 5) is 5.19. The van der Waals surface area contributed by atoms with Gasteiger partial charge in [0.1, 0.15) is 0 Å². The third kappa shape index (κ3) is 5.19. The molecule has 1 aliphatic carbocycles. The second-order valence-corrected chi connectivity index (χ2v) is 9.50. The molecule has 34 heavy (non-hydrogen) atoms. The lowest BCUT2D eigenvalue weighted by Crippen LogP contribution is -2.52. The van der Waals surface area contributed by atoms with E-state index in [1.807, 2.05) is 28.9 Å². The van der Waals surface area contributed by atoms with Crippen LogP contribution in [0.25, 0.3) is 0 Å². The highest BCUT2D eigenvalue weighted by molar-refractivity contribution is 5.36. The number of hydrogen-bond acceptors (Lipinski definition) is 6. The van der Waals surface area contributed by atoms with Crippen LogP contribution in [0.4, 0.5) is 0 Å². The fourth-order valence-corrected chi connectivity index (χ4v) is 5.55. The molecule has 1 aliphatic heterocycles. The number of rotatable bonds is 7. The topological polar surface area (TPSA) is 73.9 Å². The molecule has 2 fully saturated rings. The van der Waals surface area contributed by atoms with Crippen molar-refractivity contribution in [3.05, 3.63) is 77.1 Å². The van der Waals surface area contributed by atoms with Gasteiger partial charge in [0.25, 0.3) is 0 Å². The van der Waals surface area contributed by atoms with Crippen molar-refractivity contribution in [2.24, 2.45) is 0 Å². The molecule has 5 rings (SSSR count). The van der Waals surface area contributed by atoms with Gasteiger partial charge in [-0.05, 0) is 52.9 Å². The molecule has 176 valence electrons. The summed E-state index contributed by atoms with van der Waals surface area (Å²) in [6.45, 7) is 4.82. The molecule has 0 unspecified atom stereocenters. The number of aromatic nitrogens is 4. The minimum absolute atomic E-state index is 0.0624. The number of aryl methyl sites for hydroxylation is 2. The number of nitriles is 1. The van der Waals surface area contributed by atoms with Gasteiger partial charge in [0.05, 0.1) is 17.7 Å². The Balaban J connectivity index is 1.38. The lowest BCUT2D eigenvalue weighted by molar-refractivity contribution is 0.0619. The van der Waals surface area contributed by atoms with E-state index in [9.17, 15) is 5.26 Å². The monoisotopic (exact) mass is 455 g/mol. The second kappa shape index (κ2) is 10.9. The Morgan fingerprint density at radius 1 is 0.941 bits per heavy atom. The molecule has 0 bridgehead atoms. The molecule has 3 aromatic rings. The van der Waals surface area contributed by atoms with Gasteiger partial charge in [0.2, 0.25) is 0 Å². The molecule has 2 aromatic carbocycles. The van der Waals surface area contributed by atoms with Crippen LogP contribution in [0.15, 0.2) is 54.6 Å². The van der Waals surface area contributed by atoms with Gasteiger partial charge in [-0.1, -0.05) is 61.7 Å². The number of benzene rings is 2. The van der Waals surface area contributed by atoms with Crippen LogP contribution in [0.5, 0.6) is 0 Å². The molecule has 0 N–H and O–H groups in total. The van der Waals surface area contributed by atoms with Crippen LogP contribution in [-0.2, 0) is 13.0 Å². The van der Waals surface area contributed by atoms with Crippen molar-refractivity contribution in [3.63, 3.8) is 0 Å². The van der Waals surface area contributed by atoms with Crippen LogP contribution >= 0.6 is 0 Å². The third-order valence-electron chi connectivity index (χ3n) is 7.40. The molecule has 0 spiro atoms. The zero-order valence-electron chi connectivity index (χ0n) is 19.8. The van der Waals surface area contributed by atoms with Crippen molar-refractivity contribution < 1.29 is 0 Å². The van der Waals surface area contributed by atoms with Crippen molar-refractivity contribution in [2.75, 3.05) is 26.2 Å². The molecule has 1 saturated heterocycles. The maximum absolute atomic E-state index is 9.51. The summed E-state index contributed by atoms with van der Waals surface area (Å²) < 4.78 is 1.95. The summed E-state index contributed by atoms with van der Waals surface area (Å²) >= 11 is 0. The molecule has 2 heterocycles. The van der Waals surface area contributed by atoms with Gasteiger partial charge in [-0.2, -0.15) is 5.26 Å². The zero-order chi connectivity index (χ0) is 23.2. The van der Waals surface area contributed by atoms with E-state index in [4.69, 9.17) is 0 Å².